The summed E-state index contributed by atoms with van der Waals surface area (Å²) in [6.45, 7) is 2.02. The molecule has 2 heterocycles. The van der Waals surface area contributed by atoms with Gasteiger partial charge in [-0.3, -0.25) is 0 Å². The molecule has 0 unspecified atom stereocenters. The maximum absolute atomic E-state index is 11.1. The molecule has 0 spiro atoms. The second-order valence-electron chi connectivity index (χ2n) is 3.97. The fourth-order valence-electron chi connectivity index (χ4n) is 1.52. The van der Waals surface area contributed by atoms with Crippen LogP contribution in [0.4, 0.5) is 5.13 Å². The summed E-state index contributed by atoms with van der Waals surface area (Å²) < 4.78 is 4.72. The maximum atomic E-state index is 11.1. The van der Waals surface area contributed by atoms with Gasteiger partial charge in [-0.15, -0.1) is 10.2 Å². The minimum atomic E-state index is -0.883. The molecule has 0 saturated heterocycles. The molecule has 2 N–H and O–H groups in total. The van der Waals surface area contributed by atoms with Crippen LogP contribution in [0.1, 0.15) is 26.2 Å². The van der Waals surface area contributed by atoms with E-state index in [2.05, 4.69) is 20.7 Å². The summed E-state index contributed by atoms with van der Waals surface area (Å²) in [5.74, 6) is -0.883. The fraction of sp³-hybridized carbons (Fsp3) is 0.455. The van der Waals surface area contributed by atoms with Gasteiger partial charge in [0.05, 0.1) is 0 Å². The molecule has 0 aliphatic rings. The number of carboxylic acid groups (broad SMARTS) is 1. The van der Waals surface area contributed by atoms with Crippen LogP contribution in [0, 0.1) is 0 Å². The van der Waals surface area contributed by atoms with Gasteiger partial charge in [0.2, 0.25) is 5.13 Å². The third-order valence-corrected chi connectivity index (χ3v) is 3.40. The Morgan fingerprint density at radius 1 is 1.58 bits per heavy atom. The van der Waals surface area contributed by atoms with Crippen molar-refractivity contribution in [2.75, 3.05) is 5.32 Å². The third-order valence-electron chi connectivity index (χ3n) is 2.52. The van der Waals surface area contributed by atoms with E-state index >= 15 is 0 Å². The predicted octanol–water partition coefficient (Wildman–Crippen LogP) is 2.25. The highest BCUT2D eigenvalue weighted by Crippen LogP contribution is 2.25. The second kappa shape index (κ2) is 6.28. The van der Waals surface area contributed by atoms with E-state index in [1.165, 1.54) is 17.6 Å². The van der Waals surface area contributed by atoms with Gasteiger partial charge in [0.25, 0.3) is 0 Å². The van der Waals surface area contributed by atoms with Gasteiger partial charge in [0.15, 0.2) is 5.01 Å². The Morgan fingerprint density at radius 3 is 3.05 bits per heavy atom. The second-order valence-corrected chi connectivity index (χ2v) is 4.95. The van der Waals surface area contributed by atoms with Crippen LogP contribution in [0.2, 0.25) is 0 Å². The van der Waals surface area contributed by atoms with Crippen LogP contribution in [-0.4, -0.2) is 32.5 Å². The van der Waals surface area contributed by atoms with E-state index < -0.39 is 12.0 Å². The number of hydrogen-bond donors (Lipinski definition) is 2. The van der Waals surface area contributed by atoms with Gasteiger partial charge in [-0.05, 0) is 6.42 Å². The smallest absolute Gasteiger partial charge is 0.326 e. The Morgan fingerprint density at radius 2 is 2.42 bits per heavy atom. The molecule has 2 aromatic rings. The lowest BCUT2D eigenvalue weighted by Gasteiger charge is -2.11. The first-order chi connectivity index (χ1) is 9.20. The van der Waals surface area contributed by atoms with Gasteiger partial charge in [-0.1, -0.05) is 36.3 Å². The van der Waals surface area contributed by atoms with Crippen LogP contribution in [-0.2, 0) is 4.79 Å². The molecule has 8 heteroatoms. The Labute approximate surface area is 113 Å². The molecule has 0 fully saturated rings. The van der Waals surface area contributed by atoms with Crippen LogP contribution < -0.4 is 5.32 Å². The highest BCUT2D eigenvalue weighted by molar-refractivity contribution is 7.18. The number of anilines is 1. The molecular formula is C11H14N4O3S. The number of rotatable bonds is 7. The molecule has 19 heavy (non-hydrogen) atoms. The van der Waals surface area contributed by atoms with Crippen molar-refractivity contribution in [1.82, 2.24) is 15.4 Å². The molecule has 0 aliphatic carbocycles. The zero-order chi connectivity index (χ0) is 13.7. The van der Waals surface area contributed by atoms with Gasteiger partial charge < -0.3 is 14.9 Å². The molecule has 102 valence electrons. The van der Waals surface area contributed by atoms with Crippen LogP contribution in [0.15, 0.2) is 16.9 Å². The highest BCUT2D eigenvalue weighted by Gasteiger charge is 2.19. The fourth-order valence-corrected chi connectivity index (χ4v) is 2.28. The van der Waals surface area contributed by atoms with E-state index in [4.69, 9.17) is 9.63 Å². The number of nitrogens with zero attached hydrogens (tertiary/aromatic N) is 3. The van der Waals surface area contributed by atoms with Crippen molar-refractivity contribution in [3.05, 3.63) is 12.3 Å². The average Bonchev–Trinajstić information content (AvgIpc) is 3.04. The van der Waals surface area contributed by atoms with E-state index in [-0.39, 0.29) is 0 Å². The summed E-state index contributed by atoms with van der Waals surface area (Å²) in [6, 6.07) is 1.04. The minimum Gasteiger partial charge on any atom is -0.480 e. The van der Waals surface area contributed by atoms with Crippen LogP contribution >= 0.6 is 11.3 Å². The highest BCUT2D eigenvalue weighted by atomic mass is 32.1. The average molecular weight is 282 g/mol. The van der Waals surface area contributed by atoms with E-state index in [1.807, 2.05) is 6.92 Å². The van der Waals surface area contributed by atoms with Crippen LogP contribution in [0.25, 0.3) is 10.7 Å². The monoisotopic (exact) mass is 282 g/mol. The summed E-state index contributed by atoms with van der Waals surface area (Å²) in [5, 5.41) is 24.7. The molecule has 0 radical (unpaired) electrons. The van der Waals surface area contributed by atoms with Gasteiger partial charge in [0.1, 0.15) is 18.0 Å². The standard InChI is InChI=1S/C11H14N4O3S/c1-2-3-4-8(10(16)17)12-11-14-13-9(19-11)7-5-6-18-15-7/h5-6,8H,2-4H2,1H3,(H,12,14)(H,16,17)/t8-/m0/s1. The Hall–Kier alpha value is -1.96. The normalized spacial score (nSPS) is 12.3. The van der Waals surface area contributed by atoms with Gasteiger partial charge >= 0.3 is 5.97 Å². The van der Waals surface area contributed by atoms with E-state index in [9.17, 15) is 4.79 Å². The minimum absolute atomic E-state index is 0.474. The molecule has 2 aromatic heterocycles. The zero-order valence-corrected chi connectivity index (χ0v) is 11.2. The summed E-state index contributed by atoms with van der Waals surface area (Å²) in [6.07, 6.45) is 3.81. The number of unbranched alkanes of at least 4 members (excludes halogenated alkanes) is 1. The van der Waals surface area contributed by atoms with Crippen molar-refractivity contribution in [1.29, 1.82) is 0 Å². The van der Waals surface area contributed by atoms with Gasteiger partial charge in [-0.2, -0.15) is 0 Å². The molecule has 0 bridgehead atoms. The number of nitrogens with one attached hydrogen (secondary N) is 1. The number of carboxylic acids is 1. The number of aromatic nitrogens is 3. The van der Waals surface area contributed by atoms with Gasteiger partial charge in [0, 0.05) is 6.07 Å². The molecule has 2 rings (SSSR count). The van der Waals surface area contributed by atoms with Crippen LogP contribution in [0.3, 0.4) is 0 Å². The van der Waals surface area contributed by atoms with Crippen molar-refractivity contribution in [3.63, 3.8) is 0 Å². The number of aliphatic carboxylic acids is 1. The van der Waals surface area contributed by atoms with Crippen LogP contribution in [0.5, 0.6) is 0 Å². The summed E-state index contributed by atoms with van der Waals surface area (Å²) in [5.41, 5.74) is 0.589. The van der Waals surface area contributed by atoms with Crippen molar-refractivity contribution >= 4 is 22.4 Å². The maximum Gasteiger partial charge on any atom is 0.326 e. The van der Waals surface area contributed by atoms with Gasteiger partial charge in [-0.25, -0.2) is 4.79 Å². The van der Waals surface area contributed by atoms with E-state index in [1.54, 1.807) is 6.07 Å². The first-order valence-electron chi connectivity index (χ1n) is 5.94. The first kappa shape index (κ1) is 13.5. The lowest BCUT2D eigenvalue weighted by atomic mass is 10.1. The molecule has 0 aromatic carbocycles. The largest absolute Gasteiger partial charge is 0.480 e. The van der Waals surface area contributed by atoms with Crippen molar-refractivity contribution in [3.8, 4) is 10.7 Å². The Balaban J connectivity index is 2.03. The summed E-state index contributed by atoms with van der Waals surface area (Å²) in [7, 11) is 0. The lowest BCUT2D eigenvalue weighted by molar-refractivity contribution is -0.138. The topological polar surface area (TPSA) is 101 Å². The van der Waals surface area contributed by atoms with Crippen molar-refractivity contribution < 1.29 is 14.4 Å². The SMILES string of the molecule is CCCC[C@H](Nc1nnc(-c2ccon2)s1)C(=O)O. The molecule has 0 amide bonds. The molecule has 1 atom stereocenters. The van der Waals surface area contributed by atoms with E-state index in [0.29, 0.717) is 22.3 Å². The molecule has 7 nitrogen and oxygen atoms in total. The van der Waals surface area contributed by atoms with Crippen molar-refractivity contribution in [2.24, 2.45) is 0 Å². The number of carbonyl (C=O) groups is 1. The summed E-state index contributed by atoms with van der Waals surface area (Å²) >= 11 is 1.25. The molecule has 0 aliphatic heterocycles. The molecular weight excluding hydrogens is 268 g/mol. The predicted molar refractivity (Wildman–Crippen MR) is 70.0 cm³/mol. The van der Waals surface area contributed by atoms with E-state index in [0.717, 1.165) is 12.8 Å². The number of hydrogen-bond acceptors (Lipinski definition) is 7. The molecule has 0 saturated carbocycles. The Kier molecular flexibility index (Phi) is 4.45. The quantitative estimate of drug-likeness (QED) is 0.803. The zero-order valence-electron chi connectivity index (χ0n) is 10.4. The summed E-state index contributed by atoms with van der Waals surface area (Å²) in [4.78, 5) is 11.1. The Bertz CT molecular complexity index is 526. The van der Waals surface area contributed by atoms with Crippen molar-refractivity contribution in [2.45, 2.75) is 32.2 Å². The lowest BCUT2D eigenvalue weighted by Crippen LogP contribution is -2.29. The first-order valence-corrected chi connectivity index (χ1v) is 6.76. The third kappa shape index (κ3) is 3.50.